The van der Waals surface area contributed by atoms with Crippen LogP contribution in [0, 0.1) is 0 Å². The van der Waals surface area contributed by atoms with Gasteiger partial charge in [0.05, 0.1) is 30.7 Å². The number of carbonyl (C=O) groups is 4. The minimum Gasteiger partial charge on any atom is -0.379 e. The number of nitrogens with one attached hydrogen (secondary N) is 2. The Hall–Kier alpha value is -4.39. The van der Waals surface area contributed by atoms with Gasteiger partial charge in [0.15, 0.2) is 5.69 Å². The highest BCUT2D eigenvalue weighted by molar-refractivity contribution is 6.05. The average molecular weight is 490 g/mol. The standard InChI is InChI=1S/C23H22N8O5/c32-20-4-3-18(22(34)26-20)29-10-13-1-2-14(9-16(13)23(29)35)30-11-17(27-28-30)21(33)25-19-5-7-24-31(19)15-6-8-36-12-15/h1-2,5,7,9,11,15,18H,3-4,6,8,10,12H2,(H,25,33)(H,26,32,34). The van der Waals surface area contributed by atoms with Crippen LogP contribution in [0.1, 0.15) is 51.7 Å². The van der Waals surface area contributed by atoms with E-state index in [2.05, 4.69) is 26.0 Å². The molecule has 6 rings (SSSR count). The molecular formula is C23H22N8O5. The predicted molar refractivity (Wildman–Crippen MR) is 122 cm³/mol. The molecule has 13 nitrogen and oxygen atoms in total. The van der Waals surface area contributed by atoms with E-state index in [1.165, 1.54) is 15.8 Å². The van der Waals surface area contributed by atoms with Crippen molar-refractivity contribution < 1.29 is 23.9 Å². The number of benzene rings is 1. The Morgan fingerprint density at radius 2 is 2.06 bits per heavy atom. The lowest BCUT2D eigenvalue weighted by molar-refractivity contribution is -0.136. The van der Waals surface area contributed by atoms with Crippen LogP contribution >= 0.6 is 0 Å². The van der Waals surface area contributed by atoms with Crippen molar-refractivity contribution in [3.8, 4) is 5.69 Å². The molecule has 2 fully saturated rings. The smallest absolute Gasteiger partial charge is 0.279 e. The molecule has 0 radical (unpaired) electrons. The molecule has 0 bridgehead atoms. The van der Waals surface area contributed by atoms with Crippen molar-refractivity contribution in [3.05, 3.63) is 53.5 Å². The first-order valence-electron chi connectivity index (χ1n) is 11.6. The largest absolute Gasteiger partial charge is 0.379 e. The van der Waals surface area contributed by atoms with E-state index in [1.54, 1.807) is 35.1 Å². The van der Waals surface area contributed by atoms with Gasteiger partial charge in [0.25, 0.3) is 11.8 Å². The quantitative estimate of drug-likeness (QED) is 0.489. The number of hydrogen-bond acceptors (Lipinski definition) is 8. The van der Waals surface area contributed by atoms with Crippen molar-refractivity contribution in [3.63, 3.8) is 0 Å². The highest BCUT2D eigenvalue weighted by Crippen LogP contribution is 2.29. The number of aromatic nitrogens is 5. The van der Waals surface area contributed by atoms with Crippen LogP contribution in [0.4, 0.5) is 5.82 Å². The van der Waals surface area contributed by atoms with Gasteiger partial charge in [-0.3, -0.25) is 24.5 Å². The number of fused-ring (bicyclic) bond motifs is 1. The maximum atomic E-state index is 13.1. The molecule has 3 aliphatic rings. The van der Waals surface area contributed by atoms with E-state index in [1.807, 2.05) is 0 Å². The SMILES string of the molecule is O=C1CCC(N2Cc3ccc(-n4cc(C(=O)Nc5ccnn5C5CCOC5)nn4)cc3C2=O)C(=O)N1. The van der Waals surface area contributed by atoms with Crippen molar-refractivity contribution in [2.24, 2.45) is 0 Å². The fourth-order valence-electron chi connectivity index (χ4n) is 4.78. The van der Waals surface area contributed by atoms with E-state index >= 15 is 0 Å². The van der Waals surface area contributed by atoms with Crippen LogP contribution in [0.25, 0.3) is 5.69 Å². The summed E-state index contributed by atoms with van der Waals surface area (Å²) < 4.78 is 8.56. The van der Waals surface area contributed by atoms with Crippen LogP contribution in [0.2, 0.25) is 0 Å². The minimum absolute atomic E-state index is 0.0645. The Bertz CT molecular complexity index is 1390. The Labute approximate surface area is 204 Å². The first-order chi connectivity index (χ1) is 17.5. The molecule has 4 amide bonds. The summed E-state index contributed by atoms with van der Waals surface area (Å²) in [5.41, 5.74) is 1.87. The first-order valence-corrected chi connectivity index (χ1v) is 11.6. The van der Waals surface area contributed by atoms with Gasteiger partial charge < -0.3 is 15.0 Å². The molecule has 0 aliphatic carbocycles. The van der Waals surface area contributed by atoms with Crippen LogP contribution in [0.5, 0.6) is 0 Å². The van der Waals surface area contributed by atoms with Crippen molar-refractivity contribution in [2.75, 3.05) is 18.5 Å². The van der Waals surface area contributed by atoms with Crippen LogP contribution in [0.3, 0.4) is 0 Å². The number of carbonyl (C=O) groups excluding carboxylic acids is 4. The monoisotopic (exact) mass is 490 g/mol. The van der Waals surface area contributed by atoms with Crippen molar-refractivity contribution in [1.29, 1.82) is 0 Å². The van der Waals surface area contributed by atoms with Crippen molar-refractivity contribution in [1.82, 2.24) is 35.0 Å². The summed E-state index contributed by atoms with van der Waals surface area (Å²) in [6.45, 7) is 1.48. The number of rotatable bonds is 5. The molecule has 2 saturated heterocycles. The summed E-state index contributed by atoms with van der Waals surface area (Å²) in [7, 11) is 0. The van der Waals surface area contributed by atoms with E-state index in [0.29, 0.717) is 36.7 Å². The van der Waals surface area contributed by atoms with Crippen LogP contribution in [-0.2, 0) is 20.9 Å². The minimum atomic E-state index is -0.683. The zero-order valence-electron chi connectivity index (χ0n) is 19.1. The van der Waals surface area contributed by atoms with Gasteiger partial charge in [0, 0.05) is 31.2 Å². The fraction of sp³-hybridized carbons (Fsp3) is 0.348. The molecule has 36 heavy (non-hydrogen) atoms. The molecule has 0 saturated carbocycles. The van der Waals surface area contributed by atoms with Crippen molar-refractivity contribution in [2.45, 2.75) is 37.9 Å². The number of nitrogens with zero attached hydrogens (tertiary/aromatic N) is 6. The molecule has 13 heteroatoms. The average Bonchev–Trinajstić information content (AvgIpc) is 3.66. The second-order valence-electron chi connectivity index (χ2n) is 8.92. The van der Waals surface area contributed by atoms with E-state index in [9.17, 15) is 19.2 Å². The van der Waals surface area contributed by atoms with E-state index in [-0.39, 0.29) is 36.5 Å². The van der Waals surface area contributed by atoms with Crippen LogP contribution in [-0.4, -0.2) is 72.6 Å². The number of imide groups is 1. The van der Waals surface area contributed by atoms with Gasteiger partial charge in [-0.2, -0.15) is 5.10 Å². The molecule has 0 spiro atoms. The zero-order chi connectivity index (χ0) is 24.8. The van der Waals surface area contributed by atoms with Gasteiger partial charge in [-0.1, -0.05) is 11.3 Å². The number of piperidine rings is 1. The first kappa shape index (κ1) is 22.1. The molecule has 184 valence electrons. The van der Waals surface area contributed by atoms with Gasteiger partial charge in [-0.25, -0.2) is 9.36 Å². The third-order valence-corrected chi connectivity index (χ3v) is 6.67. The maximum Gasteiger partial charge on any atom is 0.279 e. The lowest BCUT2D eigenvalue weighted by Gasteiger charge is -2.29. The van der Waals surface area contributed by atoms with Gasteiger partial charge in [-0.15, -0.1) is 5.10 Å². The molecule has 3 aromatic rings. The number of anilines is 1. The van der Waals surface area contributed by atoms with E-state index < -0.39 is 17.9 Å². The van der Waals surface area contributed by atoms with Crippen molar-refractivity contribution >= 4 is 29.4 Å². The highest BCUT2D eigenvalue weighted by atomic mass is 16.5. The second kappa shape index (κ2) is 8.68. The summed E-state index contributed by atoms with van der Waals surface area (Å²) in [6.07, 6.45) is 4.41. The Morgan fingerprint density at radius 3 is 2.86 bits per heavy atom. The summed E-state index contributed by atoms with van der Waals surface area (Å²) in [5, 5.41) is 17.4. The molecular weight excluding hydrogens is 468 g/mol. The predicted octanol–water partition coefficient (Wildman–Crippen LogP) is 0.439. The maximum absolute atomic E-state index is 13.1. The molecule has 2 atom stereocenters. The lowest BCUT2D eigenvalue weighted by atomic mass is 10.0. The normalized spacial score (nSPS) is 21.6. The Balaban J connectivity index is 1.18. The Kier molecular flexibility index (Phi) is 5.33. The topological polar surface area (TPSA) is 153 Å². The van der Waals surface area contributed by atoms with Gasteiger partial charge in [-0.05, 0) is 30.5 Å². The third kappa shape index (κ3) is 3.82. The highest BCUT2D eigenvalue weighted by Gasteiger charge is 2.39. The molecule has 3 aliphatic heterocycles. The van der Waals surface area contributed by atoms with Crippen LogP contribution < -0.4 is 10.6 Å². The summed E-state index contributed by atoms with van der Waals surface area (Å²) in [6, 6.07) is 6.31. The molecule has 2 N–H and O–H groups in total. The summed E-state index contributed by atoms with van der Waals surface area (Å²) in [4.78, 5) is 51.1. The van der Waals surface area contributed by atoms with E-state index in [4.69, 9.17) is 4.74 Å². The lowest BCUT2D eigenvalue weighted by Crippen LogP contribution is -2.52. The molecule has 5 heterocycles. The number of ether oxygens (including phenoxy) is 1. The van der Waals surface area contributed by atoms with Gasteiger partial charge in [0.1, 0.15) is 11.9 Å². The number of hydrogen-bond donors (Lipinski definition) is 2. The zero-order valence-corrected chi connectivity index (χ0v) is 19.1. The number of amides is 4. The van der Waals surface area contributed by atoms with Crippen LogP contribution in [0.15, 0.2) is 36.7 Å². The summed E-state index contributed by atoms with van der Waals surface area (Å²) >= 11 is 0. The fourth-order valence-corrected chi connectivity index (χ4v) is 4.78. The van der Waals surface area contributed by atoms with Gasteiger partial charge in [0.2, 0.25) is 11.8 Å². The third-order valence-electron chi connectivity index (χ3n) is 6.67. The van der Waals surface area contributed by atoms with E-state index in [0.717, 1.165) is 12.0 Å². The summed E-state index contributed by atoms with van der Waals surface area (Å²) in [5.74, 6) is -0.972. The van der Waals surface area contributed by atoms with Gasteiger partial charge >= 0.3 is 0 Å². The molecule has 2 unspecified atom stereocenters. The second-order valence-corrected chi connectivity index (χ2v) is 8.92. The molecule has 2 aromatic heterocycles. The Morgan fingerprint density at radius 1 is 1.17 bits per heavy atom. The molecule has 1 aromatic carbocycles.